The normalized spacial score (nSPS) is 16.2. The number of methoxy groups -OCH3 is 4. The van der Waals surface area contributed by atoms with Crippen LogP contribution >= 0.6 is 0 Å². The predicted molar refractivity (Wildman–Crippen MR) is 233 cm³/mol. The first-order valence-corrected chi connectivity index (χ1v) is 18.7. The maximum absolute atomic E-state index is 10.9. The number of allylic oxidation sites excluding steroid dienone is 12. The molecule has 5 aliphatic rings. The van der Waals surface area contributed by atoms with Gasteiger partial charge in [0.15, 0.2) is 46.0 Å². The summed E-state index contributed by atoms with van der Waals surface area (Å²) in [5, 5.41) is 43.1. The van der Waals surface area contributed by atoms with Crippen LogP contribution in [0, 0.1) is 0 Å². The van der Waals surface area contributed by atoms with Crippen molar-refractivity contribution >= 4 is 45.1 Å². The third-order valence-electron chi connectivity index (χ3n) is 10.4. The maximum atomic E-state index is 10.9. The molecule has 0 radical (unpaired) electrons. The zero-order valence-corrected chi connectivity index (χ0v) is 34.1. The van der Waals surface area contributed by atoms with E-state index in [4.69, 9.17) is 38.9 Å². The van der Waals surface area contributed by atoms with E-state index >= 15 is 0 Å². The molecule has 0 saturated heterocycles. The Kier molecular flexibility index (Phi) is 10.7. The smallest absolute Gasteiger partial charge is 0.161 e. The van der Waals surface area contributed by atoms with E-state index in [-0.39, 0.29) is 62.5 Å². The minimum Gasteiger partial charge on any atom is -0.504 e. The number of hydrogen-bond acceptors (Lipinski definition) is 12. The first-order valence-electron chi connectivity index (χ1n) is 18.7. The van der Waals surface area contributed by atoms with Crippen molar-refractivity contribution in [2.24, 2.45) is 20.0 Å². The van der Waals surface area contributed by atoms with E-state index in [1.54, 1.807) is 72.8 Å². The number of hydrogen-bond donors (Lipinski definition) is 4. The van der Waals surface area contributed by atoms with Gasteiger partial charge in [0.25, 0.3) is 0 Å². The van der Waals surface area contributed by atoms with E-state index in [9.17, 15) is 20.4 Å². The molecule has 306 valence electrons. The molecular formula is C48H36N4NiO8. The number of phenols is 4. The van der Waals surface area contributed by atoms with E-state index in [2.05, 4.69) is 0 Å². The molecular weight excluding hydrogens is 819 g/mol. The minimum atomic E-state index is -0.0686. The standard InChI is InChI=1S/C48H36N4O8.Ni/c1-57-40-17-25(5-13-36(40)53)34-23-33-22-31-10-9-29(49-31)21-30-11-12-32(50-30)24-35-44(26-6-14-37(54)41(18-26)58-2)45(27-7-15-38(55)42(19-27)59-3)48(52-35)46(47(34)51-33)28-8-16-39(56)43(20-28)60-4;/h5-24,53-56H,1-4H3;. The van der Waals surface area contributed by atoms with Crippen LogP contribution < -0.4 is 18.9 Å². The predicted octanol–water partition coefficient (Wildman–Crippen LogP) is 8.54. The van der Waals surface area contributed by atoms with Gasteiger partial charge in [-0.15, -0.1) is 0 Å². The largest absolute Gasteiger partial charge is 0.504 e. The Balaban J connectivity index is 0.00000514. The number of ether oxygens (including phenoxy) is 4. The number of fused-ring (bicyclic) bond motifs is 4. The van der Waals surface area contributed by atoms with E-state index in [1.807, 2.05) is 48.6 Å². The van der Waals surface area contributed by atoms with Gasteiger partial charge in [-0.25, -0.2) is 20.0 Å². The van der Waals surface area contributed by atoms with Crippen LogP contribution in [0.3, 0.4) is 0 Å². The summed E-state index contributed by atoms with van der Waals surface area (Å²) in [6.45, 7) is 0. The van der Waals surface area contributed by atoms with Gasteiger partial charge in [-0.1, -0.05) is 24.3 Å². The fourth-order valence-electron chi connectivity index (χ4n) is 7.54. The van der Waals surface area contributed by atoms with Crippen molar-refractivity contribution in [2.45, 2.75) is 0 Å². The summed E-state index contributed by atoms with van der Waals surface area (Å²) in [6, 6.07) is 20.2. The molecule has 0 aliphatic carbocycles. The summed E-state index contributed by atoms with van der Waals surface area (Å²) in [5.74, 6) is 0.741. The van der Waals surface area contributed by atoms with Crippen LogP contribution in [0.5, 0.6) is 46.0 Å². The maximum Gasteiger partial charge on any atom is 0.161 e. The Hall–Kier alpha value is -7.63. The van der Waals surface area contributed by atoms with Crippen LogP contribution in [0.25, 0.3) is 22.3 Å². The van der Waals surface area contributed by atoms with Crippen molar-refractivity contribution in [2.75, 3.05) is 28.4 Å². The molecule has 0 aromatic heterocycles. The van der Waals surface area contributed by atoms with E-state index < -0.39 is 0 Å². The van der Waals surface area contributed by atoms with Gasteiger partial charge in [-0.2, -0.15) is 0 Å². The van der Waals surface area contributed by atoms with Crippen LogP contribution in [0.1, 0.15) is 22.3 Å². The Morgan fingerprint density at radius 3 is 1.34 bits per heavy atom. The van der Waals surface area contributed by atoms with Gasteiger partial charge < -0.3 is 39.4 Å². The van der Waals surface area contributed by atoms with E-state index in [0.717, 1.165) is 0 Å². The molecule has 8 bridgehead atoms. The molecule has 5 aliphatic heterocycles. The quantitative estimate of drug-likeness (QED) is 0.128. The van der Waals surface area contributed by atoms with Crippen LogP contribution in [0.4, 0.5) is 0 Å². The van der Waals surface area contributed by atoms with E-state index in [1.165, 1.54) is 28.4 Å². The van der Waals surface area contributed by atoms with Crippen molar-refractivity contribution in [3.05, 3.63) is 166 Å². The molecule has 0 unspecified atom stereocenters. The molecule has 13 heteroatoms. The summed E-state index contributed by atoms with van der Waals surface area (Å²) < 4.78 is 22.5. The van der Waals surface area contributed by atoms with Crippen molar-refractivity contribution in [3.63, 3.8) is 0 Å². The third-order valence-corrected chi connectivity index (χ3v) is 10.4. The average Bonchev–Trinajstić information content (AvgIpc) is 4.07. The summed E-state index contributed by atoms with van der Waals surface area (Å²) in [4.78, 5) is 20.5. The summed E-state index contributed by atoms with van der Waals surface area (Å²) >= 11 is 0. The first kappa shape index (κ1) is 40.2. The summed E-state index contributed by atoms with van der Waals surface area (Å²) in [6.07, 6.45) is 15.2. The number of aromatic hydroxyl groups is 4. The number of aliphatic imine (C=N–C) groups is 4. The Bertz CT molecular complexity index is 2960. The number of benzene rings is 4. The number of rotatable bonds is 8. The molecule has 4 N–H and O–H groups in total. The molecule has 0 spiro atoms. The average molecular weight is 856 g/mol. The van der Waals surface area contributed by atoms with Crippen LogP contribution in [0.2, 0.25) is 0 Å². The second-order valence-electron chi connectivity index (χ2n) is 14.0. The molecule has 0 fully saturated rings. The fraction of sp³-hybridized carbons (Fsp3) is 0.0833. The Morgan fingerprint density at radius 2 is 0.836 bits per heavy atom. The molecule has 0 atom stereocenters. The summed E-state index contributed by atoms with van der Waals surface area (Å²) in [5.41, 5.74) is 9.75. The van der Waals surface area contributed by atoms with Crippen LogP contribution in [0.15, 0.2) is 164 Å². The van der Waals surface area contributed by atoms with E-state index in [0.29, 0.717) is 90.2 Å². The Morgan fingerprint density at radius 1 is 0.410 bits per heavy atom. The monoisotopic (exact) mass is 854 g/mol. The number of nitrogens with zero attached hydrogens (tertiary/aromatic N) is 4. The molecule has 12 nitrogen and oxygen atoms in total. The fourth-order valence-corrected chi connectivity index (χ4v) is 7.54. The van der Waals surface area contributed by atoms with Gasteiger partial charge in [0.2, 0.25) is 0 Å². The SMILES string of the molecule is COc1cc(C2=CC3=CC4=NC(=CC5=NC(=CC6=NC(=C(c7ccc(O)c(OC)c7)C2=N3)C(c2ccc(O)c(OC)c2)=C6c2ccc(O)c(OC)c2)C=C5)C=C4)ccc1O.[Ni]. The number of phenolic OH excluding ortho intramolecular Hbond substituents is 4. The molecule has 61 heavy (non-hydrogen) atoms. The second-order valence-corrected chi connectivity index (χ2v) is 14.0. The van der Waals surface area contributed by atoms with Crippen molar-refractivity contribution in [3.8, 4) is 46.0 Å². The zero-order chi connectivity index (χ0) is 41.7. The van der Waals surface area contributed by atoms with Crippen LogP contribution in [-0.4, -0.2) is 71.7 Å². The molecule has 4 aromatic carbocycles. The van der Waals surface area contributed by atoms with Gasteiger partial charge in [-0.05, 0) is 119 Å². The molecule has 9 rings (SSSR count). The van der Waals surface area contributed by atoms with Gasteiger partial charge in [0.1, 0.15) is 0 Å². The Labute approximate surface area is 360 Å². The van der Waals surface area contributed by atoms with Crippen molar-refractivity contribution in [1.82, 2.24) is 0 Å². The third kappa shape index (κ3) is 7.36. The molecule has 4 aromatic rings. The molecule has 5 heterocycles. The van der Waals surface area contributed by atoms with Gasteiger partial charge >= 0.3 is 0 Å². The first-order chi connectivity index (χ1) is 29.1. The van der Waals surface area contributed by atoms with Gasteiger partial charge in [0, 0.05) is 38.8 Å². The topological polar surface area (TPSA) is 167 Å². The molecule has 0 saturated carbocycles. The molecule has 0 amide bonds. The summed E-state index contributed by atoms with van der Waals surface area (Å²) in [7, 11) is 5.92. The van der Waals surface area contributed by atoms with Crippen LogP contribution in [-0.2, 0) is 16.5 Å². The zero-order valence-electron chi connectivity index (χ0n) is 33.1. The van der Waals surface area contributed by atoms with Gasteiger partial charge in [-0.3, -0.25) is 0 Å². The van der Waals surface area contributed by atoms with Crippen molar-refractivity contribution in [1.29, 1.82) is 0 Å². The second kappa shape index (κ2) is 16.2. The van der Waals surface area contributed by atoms with Gasteiger partial charge in [0.05, 0.1) is 74.1 Å². The van der Waals surface area contributed by atoms with Crippen molar-refractivity contribution < 1.29 is 55.9 Å². The minimum absolute atomic E-state index is 0.